The molecule has 2 aromatic carbocycles. The number of aliphatic imine (C=N–C) groups is 1. The number of hydrogen-bond donors (Lipinski definition) is 0. The van der Waals surface area contributed by atoms with Crippen molar-refractivity contribution in [2.75, 3.05) is 14.1 Å². The van der Waals surface area contributed by atoms with E-state index in [1.54, 1.807) is 19.0 Å². The van der Waals surface area contributed by atoms with Gasteiger partial charge in [-0.15, -0.1) is 0 Å². The number of benzene rings is 2. The van der Waals surface area contributed by atoms with Gasteiger partial charge in [-0.3, -0.25) is 14.6 Å². The number of allylic oxidation sites excluding steroid dienone is 1. The summed E-state index contributed by atoms with van der Waals surface area (Å²) in [7, 11) is 3.50. The van der Waals surface area contributed by atoms with Crippen molar-refractivity contribution in [2.45, 2.75) is 57.3 Å². The van der Waals surface area contributed by atoms with Crippen LogP contribution in [0.3, 0.4) is 0 Å². The summed E-state index contributed by atoms with van der Waals surface area (Å²) in [6.07, 6.45) is 2.34. The molecule has 2 aromatic rings. The molecule has 5 rings (SSSR count). The van der Waals surface area contributed by atoms with E-state index in [2.05, 4.69) is 11.8 Å². The standard InChI is InChI=1S/C28H30Cl2N4O2S/c1-5-21-14-15-22(26(35)32(3)4)34(21)27(36)25-16(2)33-24(18-8-12-20(30)13-9-18)23(31-28(33)37-25)17-6-10-19(29)11-7-17/h6-13,21-24H,5,14-15H2,1-4H3/t21-,22+,23+,24-/m1/s1. The zero-order valence-corrected chi connectivity index (χ0v) is 23.6. The molecule has 9 heteroatoms. The van der Waals surface area contributed by atoms with Crippen molar-refractivity contribution in [2.24, 2.45) is 4.99 Å². The molecule has 37 heavy (non-hydrogen) atoms. The minimum Gasteiger partial charge on any atom is -0.347 e. The van der Waals surface area contributed by atoms with Crippen LogP contribution in [0.4, 0.5) is 0 Å². The summed E-state index contributed by atoms with van der Waals surface area (Å²) in [5.74, 6) is -0.104. The molecule has 3 heterocycles. The normalized spacial score (nSPS) is 25.0. The van der Waals surface area contributed by atoms with Gasteiger partial charge in [-0.25, -0.2) is 0 Å². The van der Waals surface area contributed by atoms with E-state index in [0.29, 0.717) is 21.4 Å². The van der Waals surface area contributed by atoms with Crippen LogP contribution in [0.25, 0.3) is 0 Å². The van der Waals surface area contributed by atoms with Gasteiger partial charge in [0.2, 0.25) is 5.91 Å². The van der Waals surface area contributed by atoms with E-state index >= 15 is 0 Å². The zero-order valence-electron chi connectivity index (χ0n) is 21.3. The Kier molecular flexibility index (Phi) is 7.31. The minimum absolute atomic E-state index is 0.0229. The van der Waals surface area contributed by atoms with Crippen molar-refractivity contribution < 1.29 is 9.59 Å². The maximum Gasteiger partial charge on any atom is 0.263 e. The van der Waals surface area contributed by atoms with Gasteiger partial charge in [0.1, 0.15) is 12.1 Å². The molecule has 3 aliphatic rings. The lowest BCUT2D eigenvalue weighted by Crippen LogP contribution is -2.48. The van der Waals surface area contributed by atoms with Crippen molar-refractivity contribution in [1.29, 1.82) is 0 Å². The molecule has 0 bridgehead atoms. The first-order valence-electron chi connectivity index (χ1n) is 12.5. The topological polar surface area (TPSA) is 56.2 Å². The highest BCUT2D eigenvalue weighted by atomic mass is 35.5. The smallest absolute Gasteiger partial charge is 0.263 e. The first kappa shape index (κ1) is 26.1. The molecule has 1 saturated heterocycles. The fourth-order valence-corrected chi connectivity index (χ4v) is 6.96. The van der Waals surface area contributed by atoms with Gasteiger partial charge in [-0.1, -0.05) is 54.4 Å². The Hall–Kier alpha value is -2.48. The molecule has 3 aliphatic heterocycles. The molecule has 0 aromatic heterocycles. The Morgan fingerprint density at radius 2 is 1.59 bits per heavy atom. The summed E-state index contributed by atoms with van der Waals surface area (Å²) in [5, 5.41) is 2.14. The van der Waals surface area contributed by atoms with Crippen LogP contribution in [0.15, 0.2) is 64.1 Å². The number of amidine groups is 1. The Balaban J connectivity index is 1.52. The molecule has 194 valence electrons. The highest BCUT2D eigenvalue weighted by Crippen LogP contribution is 2.52. The number of carbonyl (C=O) groups excluding carboxylic acids is 2. The lowest BCUT2D eigenvalue weighted by atomic mass is 9.93. The largest absolute Gasteiger partial charge is 0.347 e. The third-order valence-electron chi connectivity index (χ3n) is 7.47. The molecule has 0 saturated carbocycles. The number of rotatable bonds is 5. The maximum atomic E-state index is 14.0. The Bertz CT molecular complexity index is 1280. The third-order valence-corrected chi connectivity index (χ3v) is 9.13. The second-order valence-electron chi connectivity index (χ2n) is 9.89. The first-order valence-corrected chi connectivity index (χ1v) is 14.1. The minimum atomic E-state index is -0.431. The van der Waals surface area contributed by atoms with Crippen LogP contribution in [0.5, 0.6) is 0 Å². The van der Waals surface area contributed by atoms with Gasteiger partial charge in [-0.05, 0) is 73.3 Å². The summed E-state index contributed by atoms with van der Waals surface area (Å²) in [5.41, 5.74) is 2.97. The predicted molar refractivity (Wildman–Crippen MR) is 151 cm³/mol. The molecule has 2 amide bonds. The van der Waals surface area contributed by atoms with Crippen LogP contribution in [-0.4, -0.2) is 57.9 Å². The van der Waals surface area contributed by atoms with Crippen molar-refractivity contribution in [3.8, 4) is 0 Å². The van der Waals surface area contributed by atoms with Gasteiger partial charge in [-0.2, -0.15) is 0 Å². The van der Waals surface area contributed by atoms with E-state index in [-0.39, 0.29) is 29.9 Å². The fourth-order valence-electron chi connectivity index (χ4n) is 5.57. The van der Waals surface area contributed by atoms with E-state index in [4.69, 9.17) is 28.2 Å². The first-order chi connectivity index (χ1) is 17.7. The second-order valence-corrected chi connectivity index (χ2v) is 11.7. The number of nitrogens with zero attached hydrogens (tertiary/aromatic N) is 4. The van der Waals surface area contributed by atoms with E-state index in [0.717, 1.165) is 34.8 Å². The summed E-state index contributed by atoms with van der Waals surface area (Å²) >= 11 is 13.8. The number of halogens is 2. The van der Waals surface area contributed by atoms with Crippen LogP contribution < -0.4 is 0 Å². The summed E-state index contributed by atoms with van der Waals surface area (Å²) < 4.78 is 0. The quantitative estimate of drug-likeness (QED) is 0.434. The molecule has 4 atom stereocenters. The summed E-state index contributed by atoms with van der Waals surface area (Å²) in [4.78, 5) is 38.3. The molecule has 0 radical (unpaired) electrons. The molecular formula is C28H30Cl2N4O2S. The Morgan fingerprint density at radius 1 is 1.00 bits per heavy atom. The van der Waals surface area contributed by atoms with E-state index in [9.17, 15) is 9.59 Å². The number of amides is 2. The molecule has 0 N–H and O–H groups in total. The van der Waals surface area contributed by atoms with Gasteiger partial charge in [0.25, 0.3) is 5.91 Å². The van der Waals surface area contributed by atoms with Gasteiger partial charge in [0.05, 0.1) is 10.9 Å². The summed E-state index contributed by atoms with van der Waals surface area (Å²) in [6, 6.07) is 14.9. The zero-order chi connectivity index (χ0) is 26.4. The van der Waals surface area contributed by atoms with E-state index < -0.39 is 6.04 Å². The van der Waals surface area contributed by atoms with Crippen LogP contribution in [0.2, 0.25) is 10.0 Å². The van der Waals surface area contributed by atoms with Gasteiger partial charge in [0, 0.05) is 35.9 Å². The van der Waals surface area contributed by atoms with Crippen molar-refractivity contribution in [3.05, 3.63) is 80.3 Å². The average molecular weight is 558 g/mol. The van der Waals surface area contributed by atoms with Crippen molar-refractivity contribution >= 4 is 51.9 Å². The van der Waals surface area contributed by atoms with E-state index in [1.807, 2.05) is 60.4 Å². The van der Waals surface area contributed by atoms with Crippen LogP contribution in [0.1, 0.15) is 56.3 Å². The second kappa shape index (κ2) is 10.4. The monoisotopic (exact) mass is 556 g/mol. The molecule has 0 unspecified atom stereocenters. The molecular weight excluding hydrogens is 527 g/mol. The number of hydrogen-bond acceptors (Lipinski definition) is 5. The van der Waals surface area contributed by atoms with Crippen molar-refractivity contribution in [1.82, 2.24) is 14.7 Å². The van der Waals surface area contributed by atoms with E-state index in [1.165, 1.54) is 11.8 Å². The Labute approximate surface area is 232 Å². The molecule has 1 fully saturated rings. The highest BCUT2D eigenvalue weighted by molar-refractivity contribution is 8.18. The predicted octanol–water partition coefficient (Wildman–Crippen LogP) is 6.28. The number of likely N-dealkylation sites (N-methyl/N-ethyl adjacent to an activating group) is 1. The van der Waals surface area contributed by atoms with Gasteiger partial charge in [0.15, 0.2) is 5.17 Å². The maximum absolute atomic E-state index is 14.0. The fraction of sp³-hybridized carbons (Fsp3) is 0.393. The summed E-state index contributed by atoms with van der Waals surface area (Å²) in [6.45, 7) is 4.06. The number of carbonyl (C=O) groups is 2. The number of likely N-dealkylation sites (tertiary alicyclic amines) is 1. The molecule has 0 spiro atoms. The van der Waals surface area contributed by atoms with Crippen LogP contribution in [0, 0.1) is 0 Å². The molecule has 6 nitrogen and oxygen atoms in total. The van der Waals surface area contributed by atoms with Gasteiger partial charge < -0.3 is 14.7 Å². The highest BCUT2D eigenvalue weighted by Gasteiger charge is 2.48. The Morgan fingerprint density at radius 3 is 2.16 bits per heavy atom. The lowest BCUT2D eigenvalue weighted by molar-refractivity contribution is -0.141. The van der Waals surface area contributed by atoms with Crippen LogP contribution >= 0.6 is 35.0 Å². The average Bonchev–Trinajstić information content (AvgIpc) is 3.57. The van der Waals surface area contributed by atoms with Crippen LogP contribution in [-0.2, 0) is 9.59 Å². The SMILES string of the molecule is CC[C@@H]1CC[C@@H](C(=O)N(C)C)N1C(=O)C1=C(C)N2C(=N[C@@H](c3ccc(Cl)cc3)[C@H]2c2ccc(Cl)cc2)S1. The number of thioether (sulfide) groups is 1. The third kappa shape index (κ3) is 4.66. The molecule has 0 aliphatic carbocycles. The van der Waals surface area contributed by atoms with Gasteiger partial charge >= 0.3 is 0 Å². The lowest BCUT2D eigenvalue weighted by Gasteiger charge is -2.31. The van der Waals surface area contributed by atoms with Crippen molar-refractivity contribution in [3.63, 3.8) is 0 Å². The number of fused-ring (bicyclic) bond motifs is 1.